The summed E-state index contributed by atoms with van der Waals surface area (Å²) in [4.78, 5) is 0. The number of aromatic hydroxyl groups is 1. The molecule has 0 saturated heterocycles. The van der Waals surface area contributed by atoms with Gasteiger partial charge in [0, 0.05) is 44.3 Å². The van der Waals surface area contributed by atoms with Gasteiger partial charge in [0.05, 0.1) is 13.2 Å². The van der Waals surface area contributed by atoms with Gasteiger partial charge in [-0.15, -0.1) is 0 Å². The third kappa shape index (κ3) is 6.49. The van der Waals surface area contributed by atoms with Gasteiger partial charge in [0.1, 0.15) is 11.6 Å². The van der Waals surface area contributed by atoms with E-state index in [0.717, 1.165) is 40.0 Å². The second-order valence-electron chi connectivity index (χ2n) is 8.17. The standard InChI is InChI=1S/C28H37FN2O3/c1-8-22(17-25(29)21(5)30-13-15-33-6)26-18(2)19(3)27(28(32)20(26)4)23-9-11-24(12-10-23)31-14-16-34-7/h8-12,17,30-32H,1,13-16H2,2-7H3/b22-17+,25-21-. The third-order valence-electron chi connectivity index (χ3n) is 5.93. The van der Waals surface area contributed by atoms with Gasteiger partial charge in [-0.3, -0.25) is 0 Å². The fourth-order valence-corrected chi connectivity index (χ4v) is 3.88. The molecule has 0 aromatic heterocycles. The molecule has 6 heteroatoms. The predicted molar refractivity (Wildman–Crippen MR) is 140 cm³/mol. The van der Waals surface area contributed by atoms with Crippen LogP contribution in [0.25, 0.3) is 16.7 Å². The number of phenols is 1. The summed E-state index contributed by atoms with van der Waals surface area (Å²) in [6.45, 7) is 13.7. The number of allylic oxidation sites excluding steroid dienone is 5. The van der Waals surface area contributed by atoms with Crippen molar-refractivity contribution in [3.63, 3.8) is 0 Å². The molecule has 0 spiro atoms. The van der Waals surface area contributed by atoms with E-state index in [9.17, 15) is 9.50 Å². The van der Waals surface area contributed by atoms with Crippen LogP contribution in [0, 0.1) is 20.8 Å². The average molecular weight is 469 g/mol. The van der Waals surface area contributed by atoms with Crippen molar-refractivity contribution in [2.45, 2.75) is 27.7 Å². The quantitative estimate of drug-likeness (QED) is 0.261. The Hall–Kier alpha value is -3.09. The Balaban J connectivity index is 2.47. The Morgan fingerprint density at radius 3 is 2.21 bits per heavy atom. The van der Waals surface area contributed by atoms with Gasteiger partial charge in [-0.05, 0) is 79.3 Å². The van der Waals surface area contributed by atoms with Crippen molar-refractivity contribution in [3.8, 4) is 16.9 Å². The van der Waals surface area contributed by atoms with E-state index in [1.165, 1.54) is 6.08 Å². The fraction of sp³-hybridized carbons (Fsp3) is 0.357. The van der Waals surface area contributed by atoms with E-state index in [1.54, 1.807) is 27.2 Å². The number of anilines is 1. The lowest BCUT2D eigenvalue weighted by Gasteiger charge is -2.20. The van der Waals surface area contributed by atoms with Gasteiger partial charge in [0.15, 0.2) is 0 Å². The summed E-state index contributed by atoms with van der Waals surface area (Å²) in [5, 5.41) is 17.5. The molecule has 0 heterocycles. The Labute approximate surface area is 203 Å². The van der Waals surface area contributed by atoms with Crippen LogP contribution in [0.1, 0.15) is 29.2 Å². The molecule has 0 unspecified atom stereocenters. The largest absolute Gasteiger partial charge is 0.507 e. The first-order valence-corrected chi connectivity index (χ1v) is 11.4. The van der Waals surface area contributed by atoms with Crippen molar-refractivity contribution >= 4 is 11.3 Å². The van der Waals surface area contributed by atoms with Crippen molar-refractivity contribution in [2.24, 2.45) is 0 Å². The minimum Gasteiger partial charge on any atom is -0.507 e. The van der Waals surface area contributed by atoms with Crippen LogP contribution in [0.3, 0.4) is 0 Å². The zero-order valence-electron chi connectivity index (χ0n) is 21.1. The second-order valence-corrected chi connectivity index (χ2v) is 8.17. The molecule has 0 aliphatic heterocycles. The monoisotopic (exact) mass is 468 g/mol. The van der Waals surface area contributed by atoms with Crippen LogP contribution in [0.2, 0.25) is 0 Å². The Morgan fingerprint density at radius 2 is 1.62 bits per heavy atom. The molecule has 0 atom stereocenters. The van der Waals surface area contributed by atoms with Gasteiger partial charge < -0.3 is 25.2 Å². The van der Waals surface area contributed by atoms with Crippen LogP contribution in [0.4, 0.5) is 10.1 Å². The summed E-state index contributed by atoms with van der Waals surface area (Å²) < 4.78 is 25.0. The molecule has 0 fully saturated rings. The molecule has 0 saturated carbocycles. The number of methoxy groups -OCH3 is 2. The number of rotatable bonds is 12. The van der Waals surface area contributed by atoms with Crippen molar-refractivity contribution in [3.05, 3.63) is 76.8 Å². The van der Waals surface area contributed by atoms with E-state index >= 15 is 0 Å². The van der Waals surface area contributed by atoms with Gasteiger partial charge in [0.25, 0.3) is 0 Å². The number of halogens is 1. The first-order chi connectivity index (χ1) is 16.3. The lowest BCUT2D eigenvalue weighted by Crippen LogP contribution is -2.17. The molecule has 0 aliphatic rings. The molecule has 3 N–H and O–H groups in total. The van der Waals surface area contributed by atoms with Crippen LogP contribution in [0.15, 0.2) is 54.5 Å². The van der Waals surface area contributed by atoms with Gasteiger partial charge >= 0.3 is 0 Å². The Morgan fingerprint density at radius 1 is 1.00 bits per heavy atom. The first kappa shape index (κ1) is 27.2. The highest BCUT2D eigenvalue weighted by atomic mass is 19.1. The smallest absolute Gasteiger partial charge is 0.142 e. The maximum atomic E-state index is 14.9. The van der Waals surface area contributed by atoms with Crippen LogP contribution in [0.5, 0.6) is 5.75 Å². The molecule has 2 rings (SSSR count). The Kier molecular flexibility index (Phi) is 10.4. The van der Waals surface area contributed by atoms with Gasteiger partial charge in [0.2, 0.25) is 0 Å². The van der Waals surface area contributed by atoms with Crippen LogP contribution >= 0.6 is 0 Å². The van der Waals surface area contributed by atoms with Gasteiger partial charge in [-0.1, -0.05) is 24.8 Å². The van der Waals surface area contributed by atoms with Gasteiger partial charge in [-0.2, -0.15) is 0 Å². The van der Waals surface area contributed by atoms with Gasteiger partial charge in [-0.25, -0.2) is 4.39 Å². The lowest BCUT2D eigenvalue weighted by atomic mass is 9.85. The van der Waals surface area contributed by atoms with E-state index in [0.29, 0.717) is 36.6 Å². The summed E-state index contributed by atoms with van der Waals surface area (Å²) in [7, 11) is 3.27. The van der Waals surface area contributed by atoms with E-state index in [2.05, 4.69) is 17.2 Å². The Bertz CT molecular complexity index is 1030. The maximum Gasteiger partial charge on any atom is 0.142 e. The van der Waals surface area contributed by atoms with Crippen molar-refractivity contribution in [1.29, 1.82) is 0 Å². The van der Waals surface area contributed by atoms with Crippen LogP contribution in [-0.4, -0.2) is 45.6 Å². The fourth-order valence-electron chi connectivity index (χ4n) is 3.88. The molecule has 2 aromatic carbocycles. The zero-order chi connectivity index (χ0) is 25.3. The minimum atomic E-state index is -0.386. The van der Waals surface area contributed by atoms with E-state index in [4.69, 9.17) is 9.47 Å². The third-order valence-corrected chi connectivity index (χ3v) is 5.93. The summed E-state index contributed by atoms with van der Waals surface area (Å²) >= 11 is 0. The van der Waals surface area contributed by atoms with E-state index in [-0.39, 0.29) is 11.6 Å². The summed E-state index contributed by atoms with van der Waals surface area (Å²) in [6, 6.07) is 7.93. The normalized spacial score (nSPS) is 12.4. The summed E-state index contributed by atoms with van der Waals surface area (Å²) in [6.07, 6.45) is 3.08. The van der Waals surface area contributed by atoms with Crippen LogP contribution in [-0.2, 0) is 9.47 Å². The second kappa shape index (κ2) is 13.0. The maximum absolute atomic E-state index is 14.9. The van der Waals surface area contributed by atoms with E-state index < -0.39 is 0 Å². The molecule has 2 aromatic rings. The molecule has 0 radical (unpaired) electrons. The SMILES string of the molecule is C=C/C(=C\C(F)=C(/C)NCCOC)c1c(C)c(C)c(-c2ccc(NCCOC)cc2)c(O)c1C. The zero-order valence-corrected chi connectivity index (χ0v) is 21.1. The molecular formula is C28H37FN2O3. The van der Waals surface area contributed by atoms with E-state index in [1.807, 2.05) is 45.0 Å². The molecule has 5 nitrogen and oxygen atoms in total. The molecular weight excluding hydrogens is 431 g/mol. The molecule has 34 heavy (non-hydrogen) atoms. The predicted octanol–water partition coefficient (Wildman–Crippen LogP) is 6.05. The van der Waals surface area contributed by atoms with Crippen molar-refractivity contribution < 1.29 is 19.0 Å². The highest BCUT2D eigenvalue weighted by molar-refractivity contribution is 5.87. The summed E-state index contributed by atoms with van der Waals surface area (Å²) in [5.41, 5.74) is 7.08. The minimum absolute atomic E-state index is 0.185. The number of hydrogen-bond donors (Lipinski definition) is 3. The highest BCUT2D eigenvalue weighted by Gasteiger charge is 2.20. The first-order valence-electron chi connectivity index (χ1n) is 11.4. The number of phenolic OH excluding ortho intramolecular Hbond substituents is 1. The highest BCUT2D eigenvalue weighted by Crippen LogP contribution is 2.42. The molecule has 0 aliphatic carbocycles. The van der Waals surface area contributed by atoms with Crippen LogP contribution < -0.4 is 10.6 Å². The average Bonchev–Trinajstić information content (AvgIpc) is 2.83. The number of nitrogens with one attached hydrogen (secondary N) is 2. The molecule has 0 amide bonds. The topological polar surface area (TPSA) is 62.8 Å². The lowest BCUT2D eigenvalue weighted by molar-refractivity contribution is 0.201. The van der Waals surface area contributed by atoms with Crippen molar-refractivity contribution in [2.75, 3.05) is 45.8 Å². The molecule has 0 bridgehead atoms. The number of hydrogen-bond acceptors (Lipinski definition) is 5. The number of benzene rings is 2. The number of ether oxygens (including phenoxy) is 2. The molecule has 184 valence electrons. The van der Waals surface area contributed by atoms with Crippen molar-refractivity contribution in [1.82, 2.24) is 5.32 Å². The summed E-state index contributed by atoms with van der Waals surface area (Å²) in [5.74, 6) is -0.201.